The molecular weight excluding hydrogens is 713 g/mol. The second-order valence-corrected chi connectivity index (χ2v) is 15.6. The van der Waals surface area contributed by atoms with Gasteiger partial charge in [-0.15, -0.1) is 0 Å². The zero-order valence-corrected chi connectivity index (χ0v) is 31.5. The third-order valence-corrected chi connectivity index (χ3v) is 11.7. The number of imidazole rings is 1. The third kappa shape index (κ3) is 6.83. The minimum absolute atomic E-state index is 0.246. The van der Waals surface area contributed by atoms with E-state index in [0.29, 0.717) is 24.3 Å². The number of aliphatic imine (C=N–C) groups is 1. The highest BCUT2D eigenvalue weighted by Gasteiger charge is 2.51. The molecule has 0 radical (unpaired) electrons. The predicted molar refractivity (Wildman–Crippen MR) is 201 cm³/mol. The average molecular weight is 759 g/mol. The quantitative estimate of drug-likeness (QED) is 0.195. The number of nitrogens with zero attached hydrogens (tertiary/aromatic N) is 4. The zero-order chi connectivity index (χ0) is 38.8. The van der Waals surface area contributed by atoms with E-state index in [1.165, 1.54) is 16.2 Å². The van der Waals surface area contributed by atoms with Crippen LogP contribution >= 0.6 is 0 Å². The summed E-state index contributed by atoms with van der Waals surface area (Å²) in [5.41, 5.74) is 7.82. The maximum Gasteiger partial charge on any atom is 0.407 e. The van der Waals surface area contributed by atoms with E-state index in [0.717, 1.165) is 77.6 Å². The summed E-state index contributed by atoms with van der Waals surface area (Å²) in [6.45, 7) is 4.98. The van der Waals surface area contributed by atoms with Crippen molar-refractivity contribution in [3.63, 3.8) is 0 Å². The van der Waals surface area contributed by atoms with Gasteiger partial charge in [-0.25, -0.2) is 9.78 Å². The highest BCUT2D eigenvalue weighted by atomic mass is 19.4. The monoisotopic (exact) mass is 758 g/mol. The van der Waals surface area contributed by atoms with Gasteiger partial charge in [0.15, 0.2) is 0 Å². The molecule has 290 valence electrons. The van der Waals surface area contributed by atoms with Gasteiger partial charge in [0.1, 0.15) is 24.2 Å². The molecule has 2 amide bonds. The molecule has 4 aromatic rings. The molecule has 55 heavy (non-hydrogen) atoms. The van der Waals surface area contributed by atoms with E-state index < -0.39 is 48.6 Å². The van der Waals surface area contributed by atoms with Crippen LogP contribution in [-0.4, -0.2) is 96.7 Å². The molecule has 2 fully saturated rings. The molecule has 14 heteroatoms. The summed E-state index contributed by atoms with van der Waals surface area (Å²) in [6, 6.07) is 12.8. The zero-order valence-electron chi connectivity index (χ0n) is 31.5. The van der Waals surface area contributed by atoms with E-state index in [9.17, 15) is 22.8 Å². The highest BCUT2D eigenvalue weighted by molar-refractivity contribution is 6.05. The number of ether oxygens (including phenoxy) is 3. The van der Waals surface area contributed by atoms with Crippen LogP contribution in [0.1, 0.15) is 49.7 Å². The Hall–Kier alpha value is -4.95. The lowest BCUT2D eigenvalue weighted by Crippen LogP contribution is -2.51. The highest BCUT2D eigenvalue weighted by Crippen LogP contribution is 2.46. The Labute approximate surface area is 317 Å². The van der Waals surface area contributed by atoms with Crippen LogP contribution in [0.15, 0.2) is 53.7 Å². The van der Waals surface area contributed by atoms with Gasteiger partial charge in [-0.2, -0.15) is 13.2 Å². The molecule has 0 saturated carbocycles. The van der Waals surface area contributed by atoms with Crippen molar-refractivity contribution in [1.29, 1.82) is 0 Å². The van der Waals surface area contributed by atoms with Gasteiger partial charge in [0, 0.05) is 43.9 Å². The molecule has 5 atom stereocenters. The smallest absolute Gasteiger partial charge is 0.407 e. The average Bonchev–Trinajstić information content (AvgIpc) is 3.97. The van der Waals surface area contributed by atoms with Crippen LogP contribution in [-0.2, 0) is 27.3 Å². The molecule has 0 bridgehead atoms. The summed E-state index contributed by atoms with van der Waals surface area (Å²) in [5, 5.41) is 4.74. The summed E-state index contributed by atoms with van der Waals surface area (Å²) in [7, 11) is 5.09. The number of aromatic amines is 1. The van der Waals surface area contributed by atoms with Gasteiger partial charge < -0.3 is 29.4 Å². The lowest BCUT2D eigenvalue weighted by molar-refractivity contribution is -0.171. The maximum atomic E-state index is 14.0. The van der Waals surface area contributed by atoms with Crippen molar-refractivity contribution in [2.75, 3.05) is 41.0 Å². The summed E-state index contributed by atoms with van der Waals surface area (Å²) >= 11 is 0. The van der Waals surface area contributed by atoms with Crippen LogP contribution in [0.2, 0.25) is 0 Å². The molecule has 8 rings (SSSR count). The molecule has 1 aromatic heterocycles. The first kappa shape index (κ1) is 37.0. The van der Waals surface area contributed by atoms with E-state index in [2.05, 4.69) is 56.2 Å². The van der Waals surface area contributed by atoms with Crippen molar-refractivity contribution in [3.05, 3.63) is 65.6 Å². The molecule has 2 N–H and O–H groups in total. The Balaban J connectivity index is 1.04. The van der Waals surface area contributed by atoms with Crippen LogP contribution in [0.3, 0.4) is 0 Å². The number of hydrogen-bond donors (Lipinski definition) is 2. The van der Waals surface area contributed by atoms with E-state index in [1.807, 2.05) is 18.2 Å². The predicted octanol–water partition coefficient (Wildman–Crippen LogP) is 7.22. The van der Waals surface area contributed by atoms with Crippen molar-refractivity contribution in [1.82, 2.24) is 25.1 Å². The van der Waals surface area contributed by atoms with Crippen molar-refractivity contribution in [2.45, 2.75) is 64.0 Å². The van der Waals surface area contributed by atoms with Gasteiger partial charge in [0.25, 0.3) is 0 Å². The standard InChI is InChI=1S/C41H45F3N6O5/c1-21(2)37(48-40(52)54-5)39(51)50-18-26(41(42,43)44)13-35(50)38-45-16-33(47-38)24-6-8-27-25(11-24)20-55-36-15-28-23(12-30(27)36)7-9-31-29(28)14-32(46-31)34-10-22(19-53-4)17-49(34)3/h6-9,11-12,15-16,21-22,26,34-35,37H,10,13-14,17-20H2,1-5H3,(H,45,47)(H,48,52)/t22-,26-,34-,35-,37-/m0/s1. The molecule has 4 aliphatic rings. The second kappa shape index (κ2) is 14.3. The fourth-order valence-electron chi connectivity index (χ4n) is 8.85. The number of halogens is 3. The van der Waals surface area contributed by atoms with Crippen LogP contribution in [0, 0.1) is 17.8 Å². The first-order chi connectivity index (χ1) is 26.3. The summed E-state index contributed by atoms with van der Waals surface area (Å²) in [5.74, 6) is -1.20. The Bertz CT molecular complexity index is 2180. The number of nitrogens with one attached hydrogen (secondary N) is 2. The Morgan fingerprint density at radius 1 is 1.05 bits per heavy atom. The number of carbonyl (C=O) groups excluding carboxylic acids is 2. The lowest BCUT2D eigenvalue weighted by atomic mass is 9.90. The third-order valence-electron chi connectivity index (χ3n) is 11.7. The number of aromatic nitrogens is 2. The number of hydrogen-bond acceptors (Lipinski definition) is 8. The molecular formula is C41H45F3N6O5. The van der Waals surface area contributed by atoms with Crippen molar-refractivity contribution >= 4 is 34.2 Å². The van der Waals surface area contributed by atoms with Gasteiger partial charge in [-0.1, -0.05) is 32.0 Å². The number of fused-ring (bicyclic) bond motifs is 6. The minimum atomic E-state index is -4.51. The van der Waals surface area contributed by atoms with Crippen molar-refractivity contribution in [3.8, 4) is 28.1 Å². The first-order valence-electron chi connectivity index (χ1n) is 18.7. The van der Waals surface area contributed by atoms with E-state index >= 15 is 0 Å². The molecule has 0 unspecified atom stereocenters. The summed E-state index contributed by atoms with van der Waals surface area (Å²) in [6.07, 6.45) is -2.27. The number of benzene rings is 3. The van der Waals surface area contributed by atoms with Crippen LogP contribution in [0.4, 0.5) is 23.7 Å². The van der Waals surface area contributed by atoms with Gasteiger partial charge in [0.05, 0.1) is 43.3 Å². The minimum Gasteiger partial charge on any atom is -0.488 e. The molecule has 0 spiro atoms. The van der Waals surface area contributed by atoms with Crippen LogP contribution in [0.25, 0.3) is 33.2 Å². The molecule has 2 saturated heterocycles. The van der Waals surface area contributed by atoms with Crippen molar-refractivity contribution < 1.29 is 37.0 Å². The van der Waals surface area contributed by atoms with E-state index in [4.69, 9.17) is 14.5 Å². The van der Waals surface area contributed by atoms with Crippen molar-refractivity contribution in [2.24, 2.45) is 22.7 Å². The van der Waals surface area contributed by atoms with E-state index in [-0.39, 0.29) is 12.2 Å². The summed E-state index contributed by atoms with van der Waals surface area (Å²) in [4.78, 5) is 42.1. The number of amides is 2. The number of methoxy groups -OCH3 is 2. The SMILES string of the molecule is COC[C@H]1C[C@@H](C2=Nc3ccc4cc5c(cc4c3C2)OCc2cc(-c3cnc([C@@H]4C[C@H](C(F)(F)F)CN4C(=O)[C@@H](NC(=O)OC)C(C)C)[nH]3)ccc2-5)N(C)C1. The molecule has 11 nitrogen and oxygen atoms in total. The number of alkyl carbamates (subject to hydrolysis) is 1. The fraction of sp³-hybridized carbons (Fsp3) is 0.463. The largest absolute Gasteiger partial charge is 0.488 e. The number of H-pyrrole nitrogens is 1. The topological polar surface area (TPSA) is 121 Å². The molecule has 4 aliphatic heterocycles. The molecule has 3 aromatic carbocycles. The first-order valence-corrected chi connectivity index (χ1v) is 18.7. The van der Waals surface area contributed by atoms with Crippen LogP contribution < -0.4 is 10.1 Å². The maximum absolute atomic E-state index is 14.0. The lowest BCUT2D eigenvalue weighted by Gasteiger charge is -2.30. The van der Waals surface area contributed by atoms with Gasteiger partial charge in [0.2, 0.25) is 5.91 Å². The van der Waals surface area contributed by atoms with Gasteiger partial charge >= 0.3 is 12.3 Å². The molecule has 5 heterocycles. The van der Waals surface area contributed by atoms with E-state index in [1.54, 1.807) is 27.2 Å². The van der Waals surface area contributed by atoms with Gasteiger partial charge in [-0.05, 0) is 89.0 Å². The number of likely N-dealkylation sites (tertiary alicyclic amines) is 2. The Morgan fingerprint density at radius 2 is 1.87 bits per heavy atom. The second-order valence-electron chi connectivity index (χ2n) is 15.6. The Kier molecular flexibility index (Phi) is 9.61. The number of alkyl halides is 3. The van der Waals surface area contributed by atoms with Crippen LogP contribution in [0.5, 0.6) is 5.75 Å². The van der Waals surface area contributed by atoms with Gasteiger partial charge in [-0.3, -0.25) is 14.7 Å². The number of rotatable bonds is 8. The Morgan fingerprint density at radius 3 is 2.62 bits per heavy atom. The normalized spacial score (nSPS) is 22.6. The number of carbonyl (C=O) groups is 2. The molecule has 0 aliphatic carbocycles. The summed E-state index contributed by atoms with van der Waals surface area (Å²) < 4.78 is 58.6. The fourth-order valence-corrected chi connectivity index (χ4v) is 8.85.